The molecule has 0 unspecified atom stereocenters. The van der Waals surface area contributed by atoms with Crippen LogP contribution in [0.3, 0.4) is 0 Å². The molecule has 2 heterocycles. The van der Waals surface area contributed by atoms with E-state index < -0.39 is 0 Å². The molecule has 6 heteroatoms. The van der Waals surface area contributed by atoms with Crippen LogP contribution in [0, 0.1) is 0 Å². The lowest BCUT2D eigenvalue weighted by Crippen LogP contribution is -2.39. The van der Waals surface area contributed by atoms with Gasteiger partial charge in [-0.1, -0.05) is 0 Å². The average molecular weight is 376 g/mol. The molecule has 2 saturated heterocycles. The van der Waals surface area contributed by atoms with Crippen LogP contribution in [0.15, 0.2) is 24.3 Å². The van der Waals surface area contributed by atoms with E-state index in [0.29, 0.717) is 32.4 Å². The van der Waals surface area contributed by atoms with Gasteiger partial charge < -0.3 is 14.2 Å². The third kappa shape index (κ3) is 6.28. The molecule has 1 atom stereocenters. The zero-order chi connectivity index (χ0) is 18.9. The van der Waals surface area contributed by atoms with Gasteiger partial charge in [0.15, 0.2) is 5.78 Å². The summed E-state index contributed by atoms with van der Waals surface area (Å²) in [6.45, 7) is 7.26. The number of ketones is 1. The summed E-state index contributed by atoms with van der Waals surface area (Å²) in [7, 11) is 1.77. The molecule has 0 radical (unpaired) electrons. The van der Waals surface area contributed by atoms with E-state index in [1.165, 1.54) is 12.8 Å². The summed E-state index contributed by atoms with van der Waals surface area (Å²) >= 11 is 0. The fourth-order valence-corrected chi connectivity index (χ4v) is 3.82. The van der Waals surface area contributed by atoms with Gasteiger partial charge in [-0.25, -0.2) is 0 Å². The van der Waals surface area contributed by atoms with E-state index in [2.05, 4.69) is 9.80 Å². The number of methoxy groups -OCH3 is 1. The summed E-state index contributed by atoms with van der Waals surface area (Å²) in [6, 6.07) is 8.10. The van der Waals surface area contributed by atoms with Crippen molar-refractivity contribution in [3.63, 3.8) is 0 Å². The minimum absolute atomic E-state index is 0.154. The SMILES string of the molecule is COC[C@@H]1CCCN1CCCOc1ccc(C(=O)CN2CCOCC2)cc1. The minimum Gasteiger partial charge on any atom is -0.494 e. The van der Waals surface area contributed by atoms with Gasteiger partial charge in [0, 0.05) is 38.3 Å². The van der Waals surface area contributed by atoms with Crippen LogP contribution in [0.2, 0.25) is 0 Å². The van der Waals surface area contributed by atoms with E-state index >= 15 is 0 Å². The topological polar surface area (TPSA) is 51.2 Å². The van der Waals surface area contributed by atoms with Crippen LogP contribution in [0.1, 0.15) is 29.6 Å². The molecule has 0 saturated carbocycles. The van der Waals surface area contributed by atoms with Crippen molar-refractivity contribution in [3.8, 4) is 5.75 Å². The van der Waals surface area contributed by atoms with Crippen molar-refractivity contribution in [1.82, 2.24) is 9.80 Å². The number of rotatable bonds is 10. The predicted octanol–water partition coefficient (Wildman–Crippen LogP) is 2.08. The Hall–Kier alpha value is -1.47. The molecular formula is C21H32N2O4. The lowest BCUT2D eigenvalue weighted by atomic mass is 10.1. The first-order valence-corrected chi connectivity index (χ1v) is 10.1. The van der Waals surface area contributed by atoms with Gasteiger partial charge in [-0.15, -0.1) is 0 Å². The van der Waals surface area contributed by atoms with Crippen molar-refractivity contribution in [3.05, 3.63) is 29.8 Å². The van der Waals surface area contributed by atoms with E-state index in [0.717, 1.165) is 50.5 Å². The van der Waals surface area contributed by atoms with E-state index in [1.807, 2.05) is 24.3 Å². The Morgan fingerprint density at radius 3 is 2.70 bits per heavy atom. The molecule has 0 spiro atoms. The summed E-state index contributed by atoms with van der Waals surface area (Å²) in [5.41, 5.74) is 0.744. The molecule has 0 N–H and O–H groups in total. The smallest absolute Gasteiger partial charge is 0.176 e. The Morgan fingerprint density at radius 1 is 1.19 bits per heavy atom. The number of hydrogen-bond acceptors (Lipinski definition) is 6. The first-order valence-electron chi connectivity index (χ1n) is 10.1. The molecule has 1 aromatic rings. The maximum Gasteiger partial charge on any atom is 0.176 e. The Kier molecular flexibility index (Phi) is 8.08. The first kappa shape index (κ1) is 20.3. The highest BCUT2D eigenvalue weighted by Crippen LogP contribution is 2.18. The molecular weight excluding hydrogens is 344 g/mol. The second-order valence-corrected chi connectivity index (χ2v) is 7.33. The normalized spacial score (nSPS) is 21.4. The van der Waals surface area contributed by atoms with Crippen molar-refractivity contribution < 1.29 is 19.0 Å². The number of Topliss-reactive ketones (excluding diaryl/α,β-unsaturated/α-hetero) is 1. The van der Waals surface area contributed by atoms with E-state index in [4.69, 9.17) is 14.2 Å². The fraction of sp³-hybridized carbons (Fsp3) is 0.667. The number of carbonyl (C=O) groups excluding carboxylic acids is 1. The lowest BCUT2D eigenvalue weighted by molar-refractivity contribution is 0.0371. The average Bonchev–Trinajstić information content (AvgIpc) is 3.14. The van der Waals surface area contributed by atoms with Crippen molar-refractivity contribution in [2.45, 2.75) is 25.3 Å². The summed E-state index contributed by atoms with van der Waals surface area (Å²) in [5.74, 6) is 0.981. The van der Waals surface area contributed by atoms with Crippen LogP contribution in [0.4, 0.5) is 0 Å². The molecule has 0 aliphatic carbocycles. The van der Waals surface area contributed by atoms with Gasteiger partial charge in [0.25, 0.3) is 0 Å². The highest BCUT2D eigenvalue weighted by molar-refractivity contribution is 5.97. The molecule has 2 aliphatic rings. The number of hydrogen-bond donors (Lipinski definition) is 0. The molecule has 3 rings (SSSR count). The van der Waals surface area contributed by atoms with E-state index in [-0.39, 0.29) is 5.78 Å². The summed E-state index contributed by atoms with van der Waals surface area (Å²) < 4.78 is 16.5. The van der Waals surface area contributed by atoms with Crippen LogP contribution in [0.5, 0.6) is 5.75 Å². The van der Waals surface area contributed by atoms with Gasteiger partial charge in [-0.2, -0.15) is 0 Å². The van der Waals surface area contributed by atoms with Crippen LogP contribution in [-0.4, -0.2) is 87.9 Å². The summed E-state index contributed by atoms with van der Waals surface area (Å²) in [4.78, 5) is 17.0. The van der Waals surface area contributed by atoms with Gasteiger partial charge in [0.1, 0.15) is 5.75 Å². The van der Waals surface area contributed by atoms with Gasteiger partial charge >= 0.3 is 0 Å². The highest BCUT2D eigenvalue weighted by Gasteiger charge is 2.23. The third-order valence-corrected chi connectivity index (χ3v) is 5.36. The first-order chi connectivity index (χ1) is 13.3. The number of carbonyl (C=O) groups is 1. The van der Waals surface area contributed by atoms with Gasteiger partial charge in [-0.3, -0.25) is 14.6 Å². The van der Waals surface area contributed by atoms with Crippen LogP contribution >= 0.6 is 0 Å². The number of likely N-dealkylation sites (tertiary alicyclic amines) is 1. The zero-order valence-corrected chi connectivity index (χ0v) is 16.4. The Labute approximate surface area is 162 Å². The highest BCUT2D eigenvalue weighted by atomic mass is 16.5. The summed E-state index contributed by atoms with van der Waals surface area (Å²) in [6.07, 6.45) is 3.49. The van der Waals surface area contributed by atoms with Crippen LogP contribution < -0.4 is 4.74 Å². The number of morpholine rings is 1. The monoisotopic (exact) mass is 376 g/mol. The minimum atomic E-state index is 0.154. The molecule has 0 aromatic heterocycles. The van der Waals surface area contributed by atoms with Crippen molar-refractivity contribution in [2.24, 2.45) is 0 Å². The second-order valence-electron chi connectivity index (χ2n) is 7.33. The lowest BCUT2D eigenvalue weighted by Gasteiger charge is -2.25. The maximum atomic E-state index is 12.4. The third-order valence-electron chi connectivity index (χ3n) is 5.36. The second kappa shape index (κ2) is 10.8. The quantitative estimate of drug-likeness (QED) is 0.460. The zero-order valence-electron chi connectivity index (χ0n) is 16.4. The molecule has 0 bridgehead atoms. The number of benzene rings is 1. The van der Waals surface area contributed by atoms with Crippen molar-refractivity contribution in [2.75, 3.05) is 66.3 Å². The van der Waals surface area contributed by atoms with Crippen LogP contribution in [-0.2, 0) is 9.47 Å². The fourth-order valence-electron chi connectivity index (χ4n) is 3.82. The van der Waals surface area contributed by atoms with Gasteiger partial charge in [0.2, 0.25) is 0 Å². The number of nitrogens with zero attached hydrogens (tertiary/aromatic N) is 2. The largest absolute Gasteiger partial charge is 0.494 e. The molecule has 6 nitrogen and oxygen atoms in total. The molecule has 2 aliphatic heterocycles. The Bertz CT molecular complexity index is 572. The van der Waals surface area contributed by atoms with Gasteiger partial charge in [-0.05, 0) is 50.1 Å². The van der Waals surface area contributed by atoms with E-state index in [9.17, 15) is 4.79 Å². The number of ether oxygens (including phenoxy) is 3. The maximum absolute atomic E-state index is 12.4. The Balaban J connectivity index is 1.36. The molecule has 27 heavy (non-hydrogen) atoms. The van der Waals surface area contributed by atoms with E-state index in [1.54, 1.807) is 7.11 Å². The predicted molar refractivity (Wildman–Crippen MR) is 105 cm³/mol. The Morgan fingerprint density at radius 2 is 1.96 bits per heavy atom. The van der Waals surface area contributed by atoms with Crippen LogP contribution in [0.25, 0.3) is 0 Å². The van der Waals surface area contributed by atoms with Gasteiger partial charge in [0.05, 0.1) is 33.0 Å². The standard InChI is InChI=1S/C21H32N2O4/c1-25-17-19-4-2-9-23(19)10-3-13-27-20-7-5-18(6-8-20)21(24)16-22-11-14-26-15-12-22/h5-8,19H,2-4,9-17H2,1H3/t19-/m0/s1. The van der Waals surface area contributed by atoms with Crippen molar-refractivity contribution >= 4 is 5.78 Å². The molecule has 0 amide bonds. The molecule has 2 fully saturated rings. The molecule has 150 valence electrons. The summed E-state index contributed by atoms with van der Waals surface area (Å²) in [5, 5.41) is 0. The molecule has 1 aromatic carbocycles. The van der Waals surface area contributed by atoms with Crippen molar-refractivity contribution in [1.29, 1.82) is 0 Å².